The van der Waals surface area contributed by atoms with Gasteiger partial charge in [0.15, 0.2) is 0 Å². The summed E-state index contributed by atoms with van der Waals surface area (Å²) in [6.45, 7) is 50.8. The van der Waals surface area contributed by atoms with E-state index in [9.17, 15) is 8.78 Å². The molecule has 0 amide bonds. The van der Waals surface area contributed by atoms with E-state index in [1.807, 2.05) is 54.6 Å². The van der Waals surface area contributed by atoms with Crippen LogP contribution in [-0.4, -0.2) is 10.2 Å². The lowest BCUT2D eigenvalue weighted by Gasteiger charge is -2.18. The molecular formula is C86H125Cl3F2O2. The van der Waals surface area contributed by atoms with Gasteiger partial charge in [0.2, 0.25) is 0 Å². The second-order valence-electron chi connectivity index (χ2n) is 33.8. The minimum atomic E-state index is -0.329. The van der Waals surface area contributed by atoms with E-state index in [0.717, 1.165) is 58.3 Å². The molecule has 7 heteroatoms. The van der Waals surface area contributed by atoms with Crippen molar-refractivity contribution in [2.24, 2.45) is 37.9 Å². The number of aliphatic hydroxyl groups excluding tert-OH is 2. The van der Waals surface area contributed by atoms with Crippen molar-refractivity contribution in [2.75, 3.05) is 0 Å². The molecule has 0 aromatic heterocycles. The van der Waals surface area contributed by atoms with Gasteiger partial charge in [0.1, 0.15) is 11.6 Å². The quantitative estimate of drug-likeness (QED) is 0.114. The summed E-state index contributed by atoms with van der Waals surface area (Å²) >= 11 is 17.7. The van der Waals surface area contributed by atoms with Gasteiger partial charge in [-0.2, -0.15) is 0 Å². The van der Waals surface area contributed by atoms with Crippen LogP contribution in [0.2, 0.25) is 15.1 Å². The summed E-state index contributed by atoms with van der Waals surface area (Å²) in [6, 6.07) is 51.7. The summed E-state index contributed by atoms with van der Waals surface area (Å²) in [5.74, 6) is -0.596. The second-order valence-corrected chi connectivity index (χ2v) is 35.1. The topological polar surface area (TPSA) is 40.5 Å². The zero-order chi connectivity index (χ0) is 71.0. The van der Waals surface area contributed by atoms with Crippen LogP contribution in [0.1, 0.15) is 239 Å². The Labute approximate surface area is 583 Å². The molecular weight excluding hydrogens is 1210 g/mol. The van der Waals surface area contributed by atoms with E-state index < -0.39 is 0 Å². The van der Waals surface area contributed by atoms with Crippen molar-refractivity contribution in [1.82, 2.24) is 0 Å². The Bertz CT molecular complexity index is 3030. The predicted octanol–water partition coefficient (Wildman–Crippen LogP) is 26.7. The van der Waals surface area contributed by atoms with Gasteiger partial charge in [0.05, 0.1) is 13.2 Å². The largest absolute Gasteiger partial charge is 0.392 e. The zero-order valence-electron chi connectivity index (χ0n) is 62.2. The van der Waals surface area contributed by atoms with Gasteiger partial charge in [0.25, 0.3) is 0 Å². The smallest absolute Gasteiger partial charge is 0.128 e. The molecule has 0 aliphatic heterocycles. The van der Waals surface area contributed by atoms with E-state index in [1.165, 1.54) is 102 Å². The van der Waals surface area contributed by atoms with E-state index in [0.29, 0.717) is 38.2 Å². The summed E-state index contributed by atoms with van der Waals surface area (Å²) in [7, 11) is 0. The first-order valence-electron chi connectivity index (χ1n) is 33.8. The van der Waals surface area contributed by atoms with E-state index in [1.54, 1.807) is 12.1 Å². The van der Waals surface area contributed by atoms with Crippen LogP contribution in [0.15, 0.2) is 158 Å². The van der Waals surface area contributed by atoms with Gasteiger partial charge in [-0.1, -0.05) is 301 Å². The molecule has 0 aliphatic rings. The molecule has 7 aromatic carbocycles. The molecule has 2 N–H and O–H groups in total. The Hall–Kier alpha value is -4.81. The van der Waals surface area contributed by atoms with Gasteiger partial charge in [0, 0.05) is 20.6 Å². The maximum absolute atomic E-state index is 13.1. The van der Waals surface area contributed by atoms with Crippen molar-refractivity contribution in [3.8, 4) is 0 Å². The van der Waals surface area contributed by atoms with Gasteiger partial charge in [-0.05, 0) is 222 Å². The van der Waals surface area contributed by atoms with Crippen molar-refractivity contribution >= 4 is 34.8 Å². The van der Waals surface area contributed by atoms with Crippen LogP contribution in [0.4, 0.5) is 8.78 Å². The number of benzene rings is 7. The first-order chi connectivity index (χ1) is 42.7. The molecule has 0 unspecified atom stereocenters. The highest BCUT2D eigenvalue weighted by atomic mass is 35.5. The van der Waals surface area contributed by atoms with Crippen molar-refractivity contribution in [3.63, 3.8) is 0 Å². The highest BCUT2D eigenvalue weighted by Gasteiger charge is 2.16. The third-order valence-electron chi connectivity index (χ3n) is 14.7. The molecule has 2 nitrogen and oxygen atoms in total. The monoisotopic (exact) mass is 1330 g/mol. The van der Waals surface area contributed by atoms with Crippen LogP contribution in [0.25, 0.3) is 0 Å². The molecule has 0 fully saturated rings. The minimum absolute atomic E-state index is 0.102. The molecule has 0 radical (unpaired) electrons. The Kier molecular flexibility index (Phi) is 38.3. The minimum Gasteiger partial charge on any atom is -0.392 e. The Morgan fingerprint density at radius 1 is 0.301 bits per heavy atom. The SMILES string of the molecule is CC(C)(C)CCc1ccc(Cl)cc1.CC(C)(C)CCc1cccc(Cl)c1.CC(C)(C)CCc1ccccc1Cl.CC(C)(C)Cc1cc(F)cc(CO)c1.CC(C)(C)Cc1ccc(F)c(CO)c1.Cc1ccc(CCC(C)(C)C)cc1.Cc1cccc(CCC(C)(C)C)c1. The lowest BCUT2D eigenvalue weighted by Crippen LogP contribution is -2.09. The summed E-state index contributed by atoms with van der Waals surface area (Å²) in [5, 5.41) is 20.4. The van der Waals surface area contributed by atoms with Gasteiger partial charge >= 0.3 is 0 Å². The highest BCUT2D eigenvalue weighted by Crippen LogP contribution is 2.29. The Morgan fingerprint density at radius 2 is 0.710 bits per heavy atom. The number of aryl methyl sites for hydroxylation is 7. The number of rotatable bonds is 14. The van der Waals surface area contributed by atoms with Crippen molar-refractivity contribution < 1.29 is 19.0 Å². The molecule has 516 valence electrons. The summed E-state index contributed by atoms with van der Waals surface area (Å²) in [6.07, 6.45) is 13.5. The molecule has 7 rings (SSSR count). The van der Waals surface area contributed by atoms with Crippen molar-refractivity contribution in [3.05, 3.63) is 246 Å². The highest BCUT2D eigenvalue weighted by molar-refractivity contribution is 6.31. The predicted molar refractivity (Wildman–Crippen MR) is 407 cm³/mol. The first-order valence-corrected chi connectivity index (χ1v) is 35.0. The molecule has 7 aromatic rings. The first kappa shape index (κ1) is 86.2. The van der Waals surface area contributed by atoms with Crippen LogP contribution >= 0.6 is 34.8 Å². The normalized spacial score (nSPS) is 11.7. The molecule has 0 heterocycles. The van der Waals surface area contributed by atoms with Gasteiger partial charge in [-0.25, -0.2) is 8.78 Å². The Balaban J connectivity index is 0.000000543. The molecule has 0 spiro atoms. The third kappa shape index (κ3) is 47.7. The fourth-order valence-electron chi connectivity index (χ4n) is 9.25. The lowest BCUT2D eigenvalue weighted by atomic mass is 9.87. The molecule has 0 atom stereocenters. The van der Waals surface area contributed by atoms with E-state index in [4.69, 9.17) is 45.0 Å². The lowest BCUT2D eigenvalue weighted by molar-refractivity contribution is 0.275. The molecule has 0 aliphatic carbocycles. The fourth-order valence-corrected chi connectivity index (χ4v) is 9.82. The van der Waals surface area contributed by atoms with E-state index in [-0.39, 0.29) is 35.7 Å². The van der Waals surface area contributed by atoms with Gasteiger partial charge in [-0.3, -0.25) is 0 Å². The zero-order valence-corrected chi connectivity index (χ0v) is 64.5. The van der Waals surface area contributed by atoms with Crippen LogP contribution < -0.4 is 0 Å². The van der Waals surface area contributed by atoms with Gasteiger partial charge < -0.3 is 10.2 Å². The van der Waals surface area contributed by atoms with Crippen LogP contribution in [0.3, 0.4) is 0 Å². The molecule has 0 saturated carbocycles. The number of halogens is 5. The average Bonchev–Trinajstić information content (AvgIpc) is 2.39. The summed E-state index contributed by atoms with van der Waals surface area (Å²) in [4.78, 5) is 0. The third-order valence-corrected chi connectivity index (χ3v) is 15.6. The maximum Gasteiger partial charge on any atom is 0.128 e. The molecule has 0 saturated heterocycles. The second kappa shape index (κ2) is 41.3. The standard InChI is InChI=1S/2C13H20.3C12H17Cl.2C12H17FO/c1-11-5-7-12(8-6-11)9-10-13(2,3)4;1-11-6-5-7-12(10-11)8-9-13(2,3)4;1-12(2,3)9-8-10-4-6-11(13)7-5-10;1-12(2,3)8-7-10-5-4-6-11(13)9-10;1-12(2,3)9-8-10-6-4-5-7-11(10)13;1-12(2,3)7-9-4-10(8-14)6-11(13)5-9;1-12(2,3)7-9-4-5-11(13)10(6-9)8-14/h5-8H,9-10H2,1-4H3;5-7,10H,8-9H2,1-4H3;4-7H,8-9H2,1-3H3;4-6,9H,7-8H2,1-3H3;4-7H,8-9H2,1-3H3;2*4-6,14H,7-8H2,1-3H3. The summed E-state index contributed by atoms with van der Waals surface area (Å²) < 4.78 is 26.1. The number of hydrogen-bond donors (Lipinski definition) is 2. The van der Waals surface area contributed by atoms with E-state index in [2.05, 4.69) is 232 Å². The van der Waals surface area contributed by atoms with Crippen molar-refractivity contribution in [1.29, 1.82) is 0 Å². The Morgan fingerprint density at radius 3 is 1.14 bits per heavy atom. The number of aliphatic hydroxyl groups is 2. The van der Waals surface area contributed by atoms with E-state index >= 15 is 0 Å². The van der Waals surface area contributed by atoms with Crippen molar-refractivity contribution in [2.45, 2.75) is 250 Å². The van der Waals surface area contributed by atoms with Crippen LogP contribution in [0.5, 0.6) is 0 Å². The fraction of sp³-hybridized carbons (Fsp3) is 0.512. The summed E-state index contributed by atoms with van der Waals surface area (Å²) in [5.41, 5.74) is 15.1. The number of hydrogen-bond acceptors (Lipinski definition) is 2. The van der Waals surface area contributed by atoms with Crippen LogP contribution in [0, 0.1) is 63.4 Å². The van der Waals surface area contributed by atoms with Gasteiger partial charge in [-0.15, -0.1) is 0 Å². The average molecular weight is 1340 g/mol. The molecule has 0 bridgehead atoms. The van der Waals surface area contributed by atoms with Crippen LogP contribution in [-0.2, 0) is 58.2 Å². The maximum atomic E-state index is 13.1. The molecule has 93 heavy (non-hydrogen) atoms.